The number of nitrogens with zero attached hydrogens (tertiary/aromatic N) is 1. The molecule has 0 unspecified atom stereocenters. The molecule has 72 valence electrons. The summed E-state index contributed by atoms with van der Waals surface area (Å²) in [6.07, 6.45) is 0. The maximum Gasteiger partial charge on any atom is 0.330 e. The topological polar surface area (TPSA) is 29.5 Å². The number of hydroxylamine groups is 2. The molecular formula is C9H19NO2. The third kappa shape index (κ3) is 3.72. The van der Waals surface area contributed by atoms with Crippen LogP contribution in [0.25, 0.3) is 0 Å². The van der Waals surface area contributed by atoms with Gasteiger partial charge in [0, 0.05) is 13.1 Å². The molecule has 0 N–H and O–H groups in total. The second-order valence-corrected chi connectivity index (χ2v) is 3.74. The van der Waals surface area contributed by atoms with Gasteiger partial charge in [-0.05, 0) is 34.6 Å². The van der Waals surface area contributed by atoms with Crippen molar-refractivity contribution in [1.29, 1.82) is 0 Å². The Balaban J connectivity index is 3.99. The van der Waals surface area contributed by atoms with Crippen molar-refractivity contribution in [2.24, 2.45) is 5.41 Å². The van der Waals surface area contributed by atoms with Gasteiger partial charge in [0.15, 0.2) is 0 Å². The summed E-state index contributed by atoms with van der Waals surface area (Å²) in [6.45, 7) is 10.9. The van der Waals surface area contributed by atoms with Crippen molar-refractivity contribution in [2.75, 3.05) is 13.1 Å². The quantitative estimate of drug-likeness (QED) is 0.610. The van der Waals surface area contributed by atoms with Gasteiger partial charge >= 0.3 is 5.97 Å². The molecule has 12 heavy (non-hydrogen) atoms. The van der Waals surface area contributed by atoms with Gasteiger partial charge in [-0.1, -0.05) is 0 Å². The molecule has 0 spiro atoms. The summed E-state index contributed by atoms with van der Waals surface area (Å²) in [5.41, 5.74) is -0.414. The number of carbonyl (C=O) groups is 1. The molecule has 0 radical (unpaired) electrons. The smallest absolute Gasteiger partial charge is 0.330 e. The van der Waals surface area contributed by atoms with Crippen molar-refractivity contribution in [2.45, 2.75) is 34.6 Å². The number of hydrogen-bond acceptors (Lipinski definition) is 3. The summed E-state index contributed by atoms with van der Waals surface area (Å²) in [6, 6.07) is 0. The lowest BCUT2D eigenvalue weighted by Gasteiger charge is -2.22. The molecule has 0 aliphatic heterocycles. The zero-order valence-electron chi connectivity index (χ0n) is 8.68. The zero-order chi connectivity index (χ0) is 9.78. The maximum atomic E-state index is 11.3. The standard InChI is InChI=1S/C9H19NO2/c1-6-10(7-2)12-8(11)9(3,4)5/h6-7H2,1-5H3. The predicted octanol–water partition coefficient (Wildman–Crippen LogP) is 1.83. The highest BCUT2D eigenvalue weighted by atomic mass is 16.7. The van der Waals surface area contributed by atoms with Gasteiger partial charge in [-0.3, -0.25) is 0 Å². The van der Waals surface area contributed by atoms with Gasteiger partial charge in [0.05, 0.1) is 5.41 Å². The zero-order valence-corrected chi connectivity index (χ0v) is 8.68. The Kier molecular flexibility index (Phi) is 4.24. The fourth-order valence-electron chi connectivity index (χ4n) is 0.607. The van der Waals surface area contributed by atoms with Crippen LogP contribution in [-0.4, -0.2) is 24.1 Å². The Morgan fingerprint density at radius 2 is 1.67 bits per heavy atom. The SMILES string of the molecule is CCN(CC)OC(=O)C(C)(C)C. The van der Waals surface area contributed by atoms with Crippen LogP contribution in [0.4, 0.5) is 0 Å². The first kappa shape index (κ1) is 11.4. The van der Waals surface area contributed by atoms with Crippen LogP contribution in [-0.2, 0) is 9.63 Å². The van der Waals surface area contributed by atoms with Crippen LogP contribution in [0.2, 0.25) is 0 Å². The van der Waals surface area contributed by atoms with Crippen molar-refractivity contribution in [3.05, 3.63) is 0 Å². The number of carbonyl (C=O) groups excluding carboxylic acids is 1. The van der Waals surface area contributed by atoms with Crippen LogP contribution in [0.3, 0.4) is 0 Å². The van der Waals surface area contributed by atoms with Crippen LogP contribution >= 0.6 is 0 Å². The van der Waals surface area contributed by atoms with E-state index in [1.54, 1.807) is 5.06 Å². The van der Waals surface area contributed by atoms with Crippen LogP contribution in [0.5, 0.6) is 0 Å². The first-order valence-corrected chi connectivity index (χ1v) is 4.39. The summed E-state index contributed by atoms with van der Waals surface area (Å²) in [5, 5.41) is 1.65. The molecule has 0 fully saturated rings. The van der Waals surface area contributed by atoms with E-state index in [2.05, 4.69) is 0 Å². The molecule has 0 aliphatic carbocycles. The highest BCUT2D eigenvalue weighted by Crippen LogP contribution is 2.15. The van der Waals surface area contributed by atoms with E-state index in [4.69, 9.17) is 4.84 Å². The summed E-state index contributed by atoms with van der Waals surface area (Å²) in [4.78, 5) is 16.4. The number of hydrogen-bond donors (Lipinski definition) is 0. The van der Waals surface area contributed by atoms with Crippen LogP contribution in [0.15, 0.2) is 0 Å². The van der Waals surface area contributed by atoms with E-state index in [0.717, 1.165) is 13.1 Å². The Bertz CT molecular complexity index is 145. The lowest BCUT2D eigenvalue weighted by atomic mass is 9.98. The van der Waals surface area contributed by atoms with Crippen molar-refractivity contribution < 1.29 is 9.63 Å². The first-order chi connectivity index (χ1) is 5.41. The maximum absolute atomic E-state index is 11.3. The molecule has 0 aromatic rings. The van der Waals surface area contributed by atoms with E-state index >= 15 is 0 Å². The molecule has 0 aliphatic rings. The minimum atomic E-state index is -0.414. The number of rotatable bonds is 3. The lowest BCUT2D eigenvalue weighted by Crippen LogP contribution is -2.33. The van der Waals surface area contributed by atoms with Crippen LogP contribution < -0.4 is 0 Å². The fraction of sp³-hybridized carbons (Fsp3) is 0.889. The molecule has 0 atom stereocenters. The molecule has 0 rings (SSSR count). The Morgan fingerprint density at radius 1 is 1.25 bits per heavy atom. The summed E-state index contributed by atoms with van der Waals surface area (Å²) < 4.78 is 0. The van der Waals surface area contributed by atoms with Gasteiger partial charge in [0.2, 0.25) is 0 Å². The summed E-state index contributed by atoms with van der Waals surface area (Å²) in [5.74, 6) is -0.175. The largest absolute Gasteiger partial charge is 0.367 e. The third-order valence-corrected chi connectivity index (χ3v) is 1.53. The normalized spacial score (nSPS) is 11.8. The molecule has 0 aromatic heterocycles. The van der Waals surface area contributed by atoms with E-state index in [0.29, 0.717) is 0 Å². The van der Waals surface area contributed by atoms with Gasteiger partial charge in [-0.2, -0.15) is 0 Å². The van der Waals surface area contributed by atoms with Gasteiger partial charge in [-0.15, -0.1) is 5.06 Å². The highest BCUT2D eigenvalue weighted by molar-refractivity contribution is 5.75. The van der Waals surface area contributed by atoms with E-state index in [1.165, 1.54) is 0 Å². The summed E-state index contributed by atoms with van der Waals surface area (Å²) in [7, 11) is 0. The molecule has 0 saturated carbocycles. The molecule has 3 nitrogen and oxygen atoms in total. The third-order valence-electron chi connectivity index (χ3n) is 1.53. The monoisotopic (exact) mass is 173 g/mol. The van der Waals surface area contributed by atoms with Crippen molar-refractivity contribution in [3.63, 3.8) is 0 Å². The first-order valence-electron chi connectivity index (χ1n) is 4.39. The van der Waals surface area contributed by atoms with Crippen LogP contribution in [0, 0.1) is 5.41 Å². The Labute approximate surface area is 74.6 Å². The fourth-order valence-corrected chi connectivity index (χ4v) is 0.607. The second kappa shape index (κ2) is 4.45. The van der Waals surface area contributed by atoms with E-state index in [9.17, 15) is 4.79 Å². The molecule has 0 saturated heterocycles. The van der Waals surface area contributed by atoms with E-state index in [-0.39, 0.29) is 5.97 Å². The van der Waals surface area contributed by atoms with Gasteiger partial charge in [0.25, 0.3) is 0 Å². The minimum absolute atomic E-state index is 0.175. The van der Waals surface area contributed by atoms with Gasteiger partial charge < -0.3 is 4.84 Å². The van der Waals surface area contributed by atoms with Gasteiger partial charge in [-0.25, -0.2) is 4.79 Å². The predicted molar refractivity (Wildman–Crippen MR) is 48.5 cm³/mol. The Hall–Kier alpha value is -0.570. The second-order valence-electron chi connectivity index (χ2n) is 3.74. The average Bonchev–Trinajstić information content (AvgIpc) is 1.97. The molecule has 0 bridgehead atoms. The molecule has 3 heteroatoms. The lowest BCUT2D eigenvalue weighted by molar-refractivity contribution is -0.198. The van der Waals surface area contributed by atoms with Gasteiger partial charge in [0.1, 0.15) is 0 Å². The average molecular weight is 173 g/mol. The molecule has 0 amide bonds. The Morgan fingerprint density at radius 3 is 1.92 bits per heavy atom. The van der Waals surface area contributed by atoms with Crippen molar-refractivity contribution >= 4 is 5.97 Å². The van der Waals surface area contributed by atoms with E-state index < -0.39 is 5.41 Å². The summed E-state index contributed by atoms with van der Waals surface area (Å²) >= 11 is 0. The molecular weight excluding hydrogens is 154 g/mol. The highest BCUT2D eigenvalue weighted by Gasteiger charge is 2.24. The van der Waals surface area contributed by atoms with Crippen LogP contribution in [0.1, 0.15) is 34.6 Å². The van der Waals surface area contributed by atoms with Crippen molar-refractivity contribution in [3.8, 4) is 0 Å². The van der Waals surface area contributed by atoms with E-state index in [1.807, 2.05) is 34.6 Å². The van der Waals surface area contributed by atoms with Crippen molar-refractivity contribution in [1.82, 2.24) is 5.06 Å². The molecule has 0 heterocycles. The molecule has 0 aromatic carbocycles. The minimum Gasteiger partial charge on any atom is -0.367 e.